The summed E-state index contributed by atoms with van der Waals surface area (Å²) in [5, 5.41) is 0.573. The number of halogens is 1. The fourth-order valence-electron chi connectivity index (χ4n) is 3.41. The molecule has 30 heavy (non-hydrogen) atoms. The van der Waals surface area contributed by atoms with Gasteiger partial charge in [-0.25, -0.2) is 0 Å². The lowest BCUT2D eigenvalue weighted by molar-refractivity contribution is 0.0561. The molecule has 0 bridgehead atoms. The fourth-order valence-corrected chi connectivity index (χ4v) is 3.52. The molecule has 0 N–H and O–H groups in total. The van der Waals surface area contributed by atoms with E-state index in [1.165, 1.54) is 12.5 Å². The summed E-state index contributed by atoms with van der Waals surface area (Å²) in [6.45, 7) is 5.35. The Labute approximate surface area is 180 Å². The van der Waals surface area contributed by atoms with E-state index in [0.29, 0.717) is 23.4 Å². The van der Waals surface area contributed by atoms with Crippen LogP contribution in [0.25, 0.3) is 5.69 Å². The number of rotatable bonds is 8. The van der Waals surface area contributed by atoms with Crippen molar-refractivity contribution in [3.05, 3.63) is 82.0 Å². The standard InChI is InChI=1S/C23H24ClN3O3/c1-2-26-11-9-20(26)16-30-21-7-5-19(6-8-21)27-12-10-22(13-23(27)28)29-15-18-4-3-17(24)14-25-18/h3-8,10,12-14,20H,2,9,11,15-16H2,1H3. The summed E-state index contributed by atoms with van der Waals surface area (Å²) in [6, 6.07) is 14.8. The summed E-state index contributed by atoms with van der Waals surface area (Å²) in [5.41, 5.74) is 1.35. The van der Waals surface area contributed by atoms with E-state index in [1.54, 1.807) is 35.2 Å². The first-order valence-corrected chi connectivity index (χ1v) is 10.4. The number of likely N-dealkylation sites (tertiary alicyclic amines) is 1. The van der Waals surface area contributed by atoms with Crippen LogP contribution in [0.15, 0.2) is 65.7 Å². The molecule has 156 valence electrons. The van der Waals surface area contributed by atoms with Crippen LogP contribution in [0.1, 0.15) is 19.0 Å². The molecule has 1 fully saturated rings. The minimum Gasteiger partial charge on any atom is -0.492 e. The lowest BCUT2D eigenvalue weighted by Gasteiger charge is -2.39. The number of nitrogens with zero attached hydrogens (tertiary/aromatic N) is 3. The molecule has 1 aromatic carbocycles. The van der Waals surface area contributed by atoms with Crippen LogP contribution in [-0.2, 0) is 6.61 Å². The van der Waals surface area contributed by atoms with Crippen molar-refractivity contribution in [1.82, 2.24) is 14.5 Å². The Morgan fingerprint density at radius 2 is 1.93 bits per heavy atom. The van der Waals surface area contributed by atoms with E-state index in [2.05, 4.69) is 16.8 Å². The minimum atomic E-state index is -0.168. The van der Waals surface area contributed by atoms with E-state index in [9.17, 15) is 4.79 Å². The molecule has 0 spiro atoms. The molecular weight excluding hydrogens is 402 g/mol. The van der Waals surface area contributed by atoms with Gasteiger partial charge in [0.1, 0.15) is 24.7 Å². The van der Waals surface area contributed by atoms with Gasteiger partial charge in [0, 0.05) is 36.7 Å². The lowest BCUT2D eigenvalue weighted by Crippen LogP contribution is -2.50. The van der Waals surface area contributed by atoms with Crippen molar-refractivity contribution >= 4 is 11.6 Å². The van der Waals surface area contributed by atoms with Crippen LogP contribution >= 0.6 is 11.6 Å². The monoisotopic (exact) mass is 425 g/mol. The molecule has 1 aliphatic rings. The van der Waals surface area contributed by atoms with Crippen molar-refractivity contribution < 1.29 is 9.47 Å². The van der Waals surface area contributed by atoms with Crippen molar-refractivity contribution in [2.45, 2.75) is 26.0 Å². The van der Waals surface area contributed by atoms with Gasteiger partial charge in [-0.1, -0.05) is 18.5 Å². The summed E-state index contributed by atoms with van der Waals surface area (Å²) < 4.78 is 13.1. The summed E-state index contributed by atoms with van der Waals surface area (Å²) in [4.78, 5) is 19.1. The van der Waals surface area contributed by atoms with Gasteiger partial charge in [0.2, 0.25) is 0 Å². The molecule has 1 saturated heterocycles. The second-order valence-corrected chi connectivity index (χ2v) is 7.64. The van der Waals surface area contributed by atoms with Crippen LogP contribution in [-0.4, -0.2) is 40.2 Å². The van der Waals surface area contributed by atoms with Gasteiger partial charge in [-0.3, -0.25) is 19.2 Å². The van der Waals surface area contributed by atoms with Gasteiger partial charge in [0.05, 0.1) is 10.7 Å². The van der Waals surface area contributed by atoms with Gasteiger partial charge in [-0.2, -0.15) is 0 Å². The number of pyridine rings is 2. The Hall–Kier alpha value is -2.83. The van der Waals surface area contributed by atoms with Crippen molar-refractivity contribution in [3.63, 3.8) is 0 Å². The summed E-state index contributed by atoms with van der Waals surface area (Å²) in [7, 11) is 0. The van der Waals surface area contributed by atoms with Gasteiger partial charge >= 0.3 is 0 Å². The van der Waals surface area contributed by atoms with Crippen molar-refractivity contribution in [1.29, 1.82) is 0 Å². The second-order valence-electron chi connectivity index (χ2n) is 7.20. The number of hydrogen-bond acceptors (Lipinski definition) is 5. The predicted octanol–water partition coefficient (Wildman–Crippen LogP) is 3.94. The topological polar surface area (TPSA) is 56.6 Å². The summed E-state index contributed by atoms with van der Waals surface area (Å²) >= 11 is 5.83. The molecule has 4 rings (SSSR count). The van der Waals surface area contributed by atoms with Gasteiger partial charge in [-0.05, 0) is 55.4 Å². The Balaban J connectivity index is 1.36. The molecule has 0 saturated carbocycles. The molecule has 3 aromatic rings. The van der Waals surface area contributed by atoms with Gasteiger partial charge < -0.3 is 9.47 Å². The molecule has 2 aromatic heterocycles. The molecule has 1 aliphatic heterocycles. The smallest absolute Gasteiger partial charge is 0.258 e. The van der Waals surface area contributed by atoms with Gasteiger partial charge in [-0.15, -0.1) is 0 Å². The minimum absolute atomic E-state index is 0.168. The zero-order valence-corrected chi connectivity index (χ0v) is 17.6. The van der Waals surface area contributed by atoms with E-state index in [-0.39, 0.29) is 12.2 Å². The Bertz CT molecular complexity index is 1030. The molecule has 0 radical (unpaired) electrons. The van der Waals surface area contributed by atoms with Crippen LogP contribution in [0.2, 0.25) is 5.02 Å². The average Bonchev–Trinajstić information content (AvgIpc) is 2.74. The molecule has 0 amide bonds. The first kappa shape index (κ1) is 20.4. The third-order valence-electron chi connectivity index (χ3n) is 5.30. The van der Waals surface area contributed by atoms with Crippen LogP contribution in [0.5, 0.6) is 11.5 Å². The van der Waals surface area contributed by atoms with E-state index in [4.69, 9.17) is 21.1 Å². The van der Waals surface area contributed by atoms with E-state index in [0.717, 1.165) is 30.2 Å². The number of likely N-dealkylation sites (N-methyl/N-ethyl adjacent to an activating group) is 1. The van der Waals surface area contributed by atoms with Crippen molar-refractivity contribution in [2.75, 3.05) is 19.7 Å². The molecule has 6 nitrogen and oxygen atoms in total. The Morgan fingerprint density at radius 3 is 2.57 bits per heavy atom. The maximum Gasteiger partial charge on any atom is 0.258 e. The fraction of sp³-hybridized carbons (Fsp3) is 0.304. The third kappa shape index (κ3) is 4.83. The molecule has 3 heterocycles. The van der Waals surface area contributed by atoms with E-state index < -0.39 is 0 Å². The summed E-state index contributed by atoms with van der Waals surface area (Å²) in [6.07, 6.45) is 4.46. The Kier molecular flexibility index (Phi) is 6.35. The van der Waals surface area contributed by atoms with Crippen LogP contribution in [0.3, 0.4) is 0 Å². The Morgan fingerprint density at radius 1 is 1.10 bits per heavy atom. The van der Waals surface area contributed by atoms with Gasteiger partial charge in [0.25, 0.3) is 5.56 Å². The number of ether oxygens (including phenoxy) is 2. The van der Waals surface area contributed by atoms with E-state index in [1.807, 2.05) is 24.3 Å². The van der Waals surface area contributed by atoms with Crippen LogP contribution in [0, 0.1) is 0 Å². The second kappa shape index (κ2) is 9.32. The van der Waals surface area contributed by atoms with Crippen molar-refractivity contribution in [3.8, 4) is 17.2 Å². The third-order valence-corrected chi connectivity index (χ3v) is 5.52. The molecule has 1 unspecified atom stereocenters. The zero-order valence-electron chi connectivity index (χ0n) is 16.8. The van der Waals surface area contributed by atoms with Crippen LogP contribution < -0.4 is 15.0 Å². The highest BCUT2D eigenvalue weighted by molar-refractivity contribution is 6.30. The first-order chi connectivity index (χ1) is 14.6. The zero-order chi connectivity index (χ0) is 20.9. The maximum absolute atomic E-state index is 12.5. The largest absolute Gasteiger partial charge is 0.492 e. The molecular formula is C23H24ClN3O3. The van der Waals surface area contributed by atoms with Gasteiger partial charge in [0.15, 0.2) is 0 Å². The molecule has 0 aliphatic carbocycles. The highest BCUT2D eigenvalue weighted by atomic mass is 35.5. The SMILES string of the molecule is CCN1CCC1COc1ccc(-n2ccc(OCc3ccc(Cl)cn3)cc2=O)cc1. The van der Waals surface area contributed by atoms with E-state index >= 15 is 0 Å². The quantitative estimate of drug-likeness (QED) is 0.547. The summed E-state index contributed by atoms with van der Waals surface area (Å²) in [5.74, 6) is 1.30. The lowest BCUT2D eigenvalue weighted by atomic mass is 10.0. The highest BCUT2D eigenvalue weighted by Gasteiger charge is 2.26. The number of aromatic nitrogens is 2. The normalized spacial score (nSPS) is 16.1. The predicted molar refractivity (Wildman–Crippen MR) is 117 cm³/mol. The molecule has 1 atom stereocenters. The highest BCUT2D eigenvalue weighted by Crippen LogP contribution is 2.20. The maximum atomic E-state index is 12.5. The molecule has 7 heteroatoms. The number of hydrogen-bond donors (Lipinski definition) is 0. The van der Waals surface area contributed by atoms with Crippen molar-refractivity contribution in [2.24, 2.45) is 0 Å². The number of benzene rings is 1. The first-order valence-electron chi connectivity index (χ1n) is 10.1. The van der Waals surface area contributed by atoms with Crippen LogP contribution in [0.4, 0.5) is 0 Å². The average molecular weight is 426 g/mol.